The lowest BCUT2D eigenvalue weighted by atomic mass is 10.1. The van der Waals surface area contributed by atoms with E-state index in [1.165, 1.54) is 4.90 Å². The Morgan fingerprint density at radius 2 is 2.10 bits per heavy atom. The van der Waals surface area contributed by atoms with Gasteiger partial charge in [0.25, 0.3) is 11.6 Å². The Kier molecular flexibility index (Phi) is 4.32. The highest BCUT2D eigenvalue weighted by Gasteiger charge is 2.31. The average Bonchev–Trinajstić information content (AvgIpc) is 2.89. The van der Waals surface area contributed by atoms with Crippen LogP contribution in [0.3, 0.4) is 0 Å². The molecular formula is C12H11BrF2N2O3. The minimum atomic E-state index is -1.34. The number of nitro groups is 1. The van der Waals surface area contributed by atoms with Crippen molar-refractivity contribution in [2.75, 3.05) is 18.4 Å². The zero-order valence-corrected chi connectivity index (χ0v) is 11.9. The number of carbonyl (C=O) groups excluding carboxylic acids is 1. The van der Waals surface area contributed by atoms with Gasteiger partial charge >= 0.3 is 0 Å². The third-order valence-corrected chi connectivity index (χ3v) is 4.17. The standard InChI is InChI=1S/C12H11BrF2N2O3/c13-5-7-1-2-16(6-7)12(18)8-3-9(14)10(15)4-11(8)17(19)20/h3-4,7H,1-2,5-6H2. The second-order valence-corrected chi connectivity index (χ2v) is 5.25. The number of nitro benzene ring substituents is 1. The molecule has 0 spiro atoms. The van der Waals surface area contributed by atoms with Gasteiger partial charge in [0.05, 0.1) is 11.0 Å². The highest BCUT2D eigenvalue weighted by Crippen LogP contribution is 2.26. The molecule has 0 aliphatic carbocycles. The molecule has 1 amide bonds. The molecule has 1 unspecified atom stereocenters. The molecule has 0 N–H and O–H groups in total. The van der Waals surface area contributed by atoms with Crippen LogP contribution in [0.25, 0.3) is 0 Å². The molecular weight excluding hydrogens is 338 g/mol. The normalized spacial score (nSPS) is 18.4. The molecule has 108 valence electrons. The second-order valence-electron chi connectivity index (χ2n) is 4.60. The summed E-state index contributed by atoms with van der Waals surface area (Å²) in [4.78, 5) is 23.6. The zero-order chi connectivity index (χ0) is 14.9. The smallest absolute Gasteiger partial charge is 0.285 e. The molecule has 0 bridgehead atoms. The van der Waals surface area contributed by atoms with Crippen molar-refractivity contribution in [2.45, 2.75) is 6.42 Å². The second kappa shape index (κ2) is 5.82. The molecule has 1 aromatic rings. The van der Waals surface area contributed by atoms with Gasteiger partial charge in [0, 0.05) is 18.4 Å². The maximum atomic E-state index is 13.2. The molecule has 0 saturated carbocycles. The monoisotopic (exact) mass is 348 g/mol. The number of likely N-dealkylation sites (tertiary alicyclic amines) is 1. The van der Waals surface area contributed by atoms with Gasteiger partial charge in [0.1, 0.15) is 5.56 Å². The Labute approximate surface area is 121 Å². The quantitative estimate of drug-likeness (QED) is 0.479. The summed E-state index contributed by atoms with van der Waals surface area (Å²) in [5.41, 5.74) is -1.12. The van der Waals surface area contributed by atoms with Crippen LogP contribution in [0.15, 0.2) is 12.1 Å². The fourth-order valence-corrected chi connectivity index (χ4v) is 2.70. The lowest BCUT2D eigenvalue weighted by Crippen LogP contribution is -2.29. The van der Waals surface area contributed by atoms with Gasteiger partial charge in [0.15, 0.2) is 11.6 Å². The minimum Gasteiger partial charge on any atom is -0.338 e. The van der Waals surface area contributed by atoms with Gasteiger partial charge in [-0.05, 0) is 18.4 Å². The number of alkyl halides is 1. The van der Waals surface area contributed by atoms with E-state index in [2.05, 4.69) is 15.9 Å². The SMILES string of the molecule is O=C(c1cc(F)c(F)cc1[N+](=O)[O-])N1CCC(CBr)C1. The number of hydrogen-bond acceptors (Lipinski definition) is 3. The average molecular weight is 349 g/mol. The first kappa shape index (κ1) is 14.8. The van der Waals surface area contributed by atoms with Crippen LogP contribution in [0.2, 0.25) is 0 Å². The van der Waals surface area contributed by atoms with Crippen LogP contribution in [-0.4, -0.2) is 34.2 Å². The van der Waals surface area contributed by atoms with Crippen molar-refractivity contribution >= 4 is 27.5 Å². The van der Waals surface area contributed by atoms with Crippen molar-refractivity contribution in [3.8, 4) is 0 Å². The maximum Gasteiger partial charge on any atom is 0.285 e. The lowest BCUT2D eigenvalue weighted by molar-refractivity contribution is -0.385. The molecule has 1 aromatic carbocycles. The van der Waals surface area contributed by atoms with E-state index in [1.807, 2.05) is 0 Å². The Balaban J connectivity index is 2.34. The topological polar surface area (TPSA) is 63.4 Å². The largest absolute Gasteiger partial charge is 0.338 e. The van der Waals surface area contributed by atoms with Crippen LogP contribution in [0, 0.1) is 27.7 Å². The first-order valence-electron chi connectivity index (χ1n) is 5.92. The summed E-state index contributed by atoms with van der Waals surface area (Å²) in [7, 11) is 0. The molecule has 1 saturated heterocycles. The van der Waals surface area contributed by atoms with Crippen LogP contribution < -0.4 is 0 Å². The summed E-state index contributed by atoms with van der Waals surface area (Å²) in [5, 5.41) is 11.6. The maximum absolute atomic E-state index is 13.2. The fraction of sp³-hybridized carbons (Fsp3) is 0.417. The Bertz CT molecular complexity index is 568. The Hall–Kier alpha value is -1.57. The molecule has 0 aromatic heterocycles. The van der Waals surface area contributed by atoms with E-state index in [1.54, 1.807) is 0 Å². The van der Waals surface area contributed by atoms with Gasteiger partial charge < -0.3 is 4.90 Å². The first-order chi connectivity index (χ1) is 9.43. The summed E-state index contributed by atoms with van der Waals surface area (Å²) in [6.45, 7) is 0.894. The van der Waals surface area contributed by atoms with Crippen molar-refractivity contribution in [1.29, 1.82) is 0 Å². The highest BCUT2D eigenvalue weighted by atomic mass is 79.9. The Morgan fingerprint density at radius 1 is 1.45 bits per heavy atom. The van der Waals surface area contributed by atoms with Crippen molar-refractivity contribution in [3.63, 3.8) is 0 Å². The number of nitrogens with zero attached hydrogens (tertiary/aromatic N) is 2. The van der Waals surface area contributed by atoms with Crippen molar-refractivity contribution in [1.82, 2.24) is 4.90 Å². The van der Waals surface area contributed by atoms with E-state index in [4.69, 9.17) is 0 Å². The van der Waals surface area contributed by atoms with E-state index in [-0.39, 0.29) is 5.92 Å². The van der Waals surface area contributed by atoms with E-state index in [0.717, 1.165) is 11.8 Å². The lowest BCUT2D eigenvalue weighted by Gasteiger charge is -2.16. The molecule has 20 heavy (non-hydrogen) atoms. The number of rotatable bonds is 3. The zero-order valence-electron chi connectivity index (χ0n) is 10.3. The van der Waals surface area contributed by atoms with Crippen LogP contribution in [0.1, 0.15) is 16.8 Å². The number of carbonyl (C=O) groups is 1. The van der Waals surface area contributed by atoms with Crippen molar-refractivity contribution in [2.24, 2.45) is 5.92 Å². The van der Waals surface area contributed by atoms with Gasteiger partial charge in [-0.1, -0.05) is 15.9 Å². The van der Waals surface area contributed by atoms with Gasteiger partial charge in [-0.25, -0.2) is 8.78 Å². The van der Waals surface area contributed by atoms with Crippen LogP contribution in [0.5, 0.6) is 0 Å². The summed E-state index contributed by atoms with van der Waals surface area (Å²) in [6, 6.07) is 1.04. The van der Waals surface area contributed by atoms with Crippen molar-refractivity contribution in [3.05, 3.63) is 39.4 Å². The minimum absolute atomic E-state index is 0.267. The molecule has 2 rings (SSSR count). The van der Waals surface area contributed by atoms with Gasteiger partial charge in [-0.15, -0.1) is 0 Å². The number of amides is 1. The summed E-state index contributed by atoms with van der Waals surface area (Å²) in [6.07, 6.45) is 0.772. The number of halogens is 3. The van der Waals surface area contributed by atoms with Crippen LogP contribution in [-0.2, 0) is 0 Å². The number of benzene rings is 1. The van der Waals surface area contributed by atoms with E-state index < -0.39 is 33.7 Å². The van der Waals surface area contributed by atoms with E-state index >= 15 is 0 Å². The molecule has 1 atom stereocenters. The molecule has 0 radical (unpaired) electrons. The highest BCUT2D eigenvalue weighted by molar-refractivity contribution is 9.09. The fourth-order valence-electron chi connectivity index (χ4n) is 2.17. The molecule has 8 heteroatoms. The summed E-state index contributed by atoms with van der Waals surface area (Å²) >= 11 is 3.31. The van der Waals surface area contributed by atoms with E-state index in [9.17, 15) is 23.7 Å². The van der Waals surface area contributed by atoms with Gasteiger partial charge in [-0.3, -0.25) is 14.9 Å². The molecule has 1 aliphatic heterocycles. The third-order valence-electron chi connectivity index (χ3n) is 3.26. The molecule has 5 nitrogen and oxygen atoms in total. The van der Waals surface area contributed by atoms with Crippen LogP contribution in [0.4, 0.5) is 14.5 Å². The third kappa shape index (κ3) is 2.79. The van der Waals surface area contributed by atoms with Gasteiger partial charge in [-0.2, -0.15) is 0 Å². The molecule has 1 fully saturated rings. The molecule has 1 aliphatic rings. The molecule has 1 heterocycles. The van der Waals surface area contributed by atoms with Crippen molar-refractivity contribution < 1.29 is 18.5 Å². The summed E-state index contributed by atoms with van der Waals surface area (Å²) < 4.78 is 26.3. The predicted molar refractivity (Wildman–Crippen MR) is 70.8 cm³/mol. The number of hydrogen-bond donors (Lipinski definition) is 0. The Morgan fingerprint density at radius 3 is 2.65 bits per heavy atom. The predicted octanol–water partition coefficient (Wildman–Crippen LogP) is 2.73. The van der Waals surface area contributed by atoms with Crippen LogP contribution >= 0.6 is 15.9 Å². The first-order valence-corrected chi connectivity index (χ1v) is 7.05. The summed E-state index contributed by atoms with van der Waals surface area (Å²) in [5.74, 6) is -2.98. The van der Waals surface area contributed by atoms with Gasteiger partial charge in [0.2, 0.25) is 0 Å². The van der Waals surface area contributed by atoms with E-state index in [0.29, 0.717) is 25.2 Å².